The van der Waals surface area contributed by atoms with Gasteiger partial charge in [0.1, 0.15) is 0 Å². The lowest BCUT2D eigenvalue weighted by Gasteiger charge is -2.21. The smallest absolute Gasteiger partial charge is 0.241 e. The number of benzene rings is 1. The Hall–Kier alpha value is -0.160. The molecule has 2 N–H and O–H groups in total. The van der Waals surface area contributed by atoms with Crippen LogP contribution < -0.4 is 0 Å². The van der Waals surface area contributed by atoms with Gasteiger partial charge in [-0.3, -0.25) is 0 Å². The molecule has 0 fully saturated rings. The lowest BCUT2D eigenvalue weighted by atomic mass is 10.2. The zero-order chi connectivity index (χ0) is 9.90. The van der Waals surface area contributed by atoms with Crippen LogP contribution in [0.1, 0.15) is 5.56 Å². The molecule has 0 unspecified atom stereocenters. The molecule has 72 valence electrons. The monoisotopic (exact) mass is 216 g/mol. The molecule has 0 amide bonds. The van der Waals surface area contributed by atoms with Crippen molar-refractivity contribution in [3.05, 3.63) is 29.8 Å². The van der Waals surface area contributed by atoms with E-state index in [4.69, 9.17) is 0 Å². The zero-order valence-electron chi connectivity index (χ0n) is 7.52. The van der Waals surface area contributed by atoms with Gasteiger partial charge in [0.25, 0.3) is 0 Å². The molecule has 0 bridgehead atoms. The average Bonchev–Trinajstić information content (AvgIpc) is 2.18. The molecule has 0 saturated heterocycles. The molecule has 1 aromatic rings. The Morgan fingerprint density at radius 1 is 1.15 bits per heavy atom. The fourth-order valence-corrected chi connectivity index (χ4v) is 2.13. The van der Waals surface area contributed by atoms with E-state index in [0.717, 1.165) is 16.7 Å². The molecule has 0 aliphatic carbocycles. The maximum Gasteiger partial charge on any atom is 0.241 e. The highest BCUT2D eigenvalue weighted by Crippen LogP contribution is 2.34. The van der Waals surface area contributed by atoms with Crippen LogP contribution in [-0.2, 0) is 5.12 Å². The summed E-state index contributed by atoms with van der Waals surface area (Å²) in [6.45, 7) is 0. The number of aliphatic hydroxyl groups is 2. The summed E-state index contributed by atoms with van der Waals surface area (Å²) in [5.41, 5.74) is 0.551. The second kappa shape index (κ2) is 4.37. The molecular formula is C9H12O2S2. The van der Waals surface area contributed by atoms with Gasteiger partial charge in [0.15, 0.2) is 0 Å². The van der Waals surface area contributed by atoms with Gasteiger partial charge < -0.3 is 10.2 Å². The first-order chi connectivity index (χ1) is 6.11. The van der Waals surface area contributed by atoms with Gasteiger partial charge in [-0.15, -0.1) is 11.8 Å². The predicted molar refractivity (Wildman–Crippen MR) is 57.9 cm³/mol. The van der Waals surface area contributed by atoms with Crippen LogP contribution in [-0.4, -0.2) is 22.7 Å². The molecule has 0 aliphatic rings. The minimum Gasteiger partial charge on any atom is -0.354 e. The Bertz CT molecular complexity index is 287. The van der Waals surface area contributed by atoms with Crippen molar-refractivity contribution in [3.63, 3.8) is 0 Å². The van der Waals surface area contributed by atoms with E-state index in [2.05, 4.69) is 0 Å². The number of rotatable bonds is 3. The van der Waals surface area contributed by atoms with Gasteiger partial charge in [0.05, 0.1) is 0 Å². The van der Waals surface area contributed by atoms with Gasteiger partial charge in [-0.05, 0) is 18.6 Å². The van der Waals surface area contributed by atoms with Gasteiger partial charge in [-0.2, -0.15) is 0 Å². The Morgan fingerprint density at radius 2 is 1.77 bits per heavy atom. The molecule has 1 aromatic carbocycles. The van der Waals surface area contributed by atoms with Crippen molar-refractivity contribution in [1.82, 2.24) is 0 Å². The van der Waals surface area contributed by atoms with Crippen LogP contribution in [0.15, 0.2) is 29.2 Å². The van der Waals surface area contributed by atoms with Gasteiger partial charge in [0.2, 0.25) is 5.12 Å². The molecule has 0 aliphatic heterocycles. The highest BCUT2D eigenvalue weighted by molar-refractivity contribution is 7.99. The first kappa shape index (κ1) is 10.9. The van der Waals surface area contributed by atoms with E-state index in [9.17, 15) is 10.2 Å². The minimum atomic E-state index is -1.78. The summed E-state index contributed by atoms with van der Waals surface area (Å²) in [6, 6.07) is 7.28. The first-order valence-corrected chi connectivity index (χ1v) is 6.20. The molecule has 0 spiro atoms. The van der Waals surface area contributed by atoms with E-state index >= 15 is 0 Å². The summed E-state index contributed by atoms with van der Waals surface area (Å²) in [7, 11) is 0. The largest absolute Gasteiger partial charge is 0.354 e. The van der Waals surface area contributed by atoms with Crippen LogP contribution in [0.4, 0.5) is 0 Å². The van der Waals surface area contributed by atoms with E-state index in [1.807, 2.05) is 18.4 Å². The van der Waals surface area contributed by atoms with Crippen molar-refractivity contribution in [2.24, 2.45) is 0 Å². The quantitative estimate of drug-likeness (QED) is 0.598. The van der Waals surface area contributed by atoms with Crippen molar-refractivity contribution >= 4 is 23.5 Å². The van der Waals surface area contributed by atoms with Gasteiger partial charge in [-0.1, -0.05) is 30.0 Å². The topological polar surface area (TPSA) is 40.5 Å². The summed E-state index contributed by atoms with van der Waals surface area (Å²) < 4.78 is 0. The summed E-state index contributed by atoms with van der Waals surface area (Å²) in [4.78, 5) is 0.891. The molecule has 0 saturated carbocycles. The third-order valence-electron chi connectivity index (χ3n) is 1.74. The molecule has 4 heteroatoms. The molecule has 2 nitrogen and oxygen atoms in total. The zero-order valence-corrected chi connectivity index (χ0v) is 9.15. The summed E-state index contributed by atoms with van der Waals surface area (Å²) in [6.07, 6.45) is 3.58. The fourth-order valence-electron chi connectivity index (χ4n) is 1.02. The van der Waals surface area contributed by atoms with Crippen molar-refractivity contribution < 1.29 is 10.2 Å². The van der Waals surface area contributed by atoms with E-state index < -0.39 is 5.12 Å². The summed E-state index contributed by atoms with van der Waals surface area (Å²) >= 11 is 2.51. The SMILES string of the molecule is CSc1ccccc1C(O)(O)SC. The summed E-state index contributed by atoms with van der Waals surface area (Å²) in [5, 5.41) is 17.4. The maximum atomic E-state index is 9.61. The molecular weight excluding hydrogens is 204 g/mol. The highest BCUT2D eigenvalue weighted by atomic mass is 32.2. The van der Waals surface area contributed by atoms with Crippen molar-refractivity contribution in [2.75, 3.05) is 12.5 Å². The predicted octanol–water partition coefficient (Wildman–Crippen LogP) is 1.87. The van der Waals surface area contributed by atoms with Crippen LogP contribution in [0.25, 0.3) is 0 Å². The lowest BCUT2D eigenvalue weighted by molar-refractivity contribution is -0.0833. The van der Waals surface area contributed by atoms with Crippen LogP contribution in [0.2, 0.25) is 0 Å². The van der Waals surface area contributed by atoms with Crippen molar-refractivity contribution in [1.29, 1.82) is 0 Å². The number of hydrogen-bond acceptors (Lipinski definition) is 4. The van der Waals surface area contributed by atoms with Gasteiger partial charge in [0, 0.05) is 10.5 Å². The number of thioether (sulfide) groups is 2. The van der Waals surface area contributed by atoms with Crippen LogP contribution in [0.3, 0.4) is 0 Å². The van der Waals surface area contributed by atoms with E-state index in [1.54, 1.807) is 18.4 Å². The van der Waals surface area contributed by atoms with Crippen molar-refractivity contribution in [3.8, 4) is 0 Å². The van der Waals surface area contributed by atoms with E-state index in [-0.39, 0.29) is 0 Å². The molecule has 0 heterocycles. The Balaban J connectivity index is 3.12. The number of hydrogen-bond donors (Lipinski definition) is 2. The fraction of sp³-hybridized carbons (Fsp3) is 0.333. The van der Waals surface area contributed by atoms with E-state index in [1.165, 1.54) is 11.8 Å². The normalized spacial score (nSPS) is 11.7. The minimum absolute atomic E-state index is 0.551. The second-order valence-corrected chi connectivity index (χ2v) is 4.34. The lowest BCUT2D eigenvalue weighted by Crippen LogP contribution is -2.20. The Kier molecular flexibility index (Phi) is 3.67. The molecule has 0 radical (unpaired) electrons. The first-order valence-electron chi connectivity index (χ1n) is 3.75. The third-order valence-corrected chi connectivity index (χ3v) is 3.33. The highest BCUT2D eigenvalue weighted by Gasteiger charge is 2.26. The molecule has 0 aromatic heterocycles. The van der Waals surface area contributed by atoms with Gasteiger partial charge >= 0.3 is 0 Å². The van der Waals surface area contributed by atoms with Gasteiger partial charge in [-0.25, -0.2) is 0 Å². The van der Waals surface area contributed by atoms with E-state index in [0.29, 0.717) is 5.56 Å². The Labute approximate surface area is 86.4 Å². The van der Waals surface area contributed by atoms with Crippen LogP contribution in [0, 0.1) is 0 Å². The standard InChI is InChI=1S/C9H12O2S2/c1-12-8-6-4-3-5-7(8)9(10,11)13-2/h3-6,10-11H,1-2H3. The molecule has 13 heavy (non-hydrogen) atoms. The van der Waals surface area contributed by atoms with Crippen molar-refractivity contribution in [2.45, 2.75) is 10.0 Å². The maximum absolute atomic E-state index is 9.61. The Morgan fingerprint density at radius 3 is 2.31 bits per heavy atom. The average molecular weight is 216 g/mol. The molecule has 0 atom stereocenters. The van der Waals surface area contributed by atoms with Crippen LogP contribution in [0.5, 0.6) is 0 Å². The summed E-state index contributed by atoms with van der Waals surface area (Å²) in [5.74, 6) is 0. The third kappa shape index (κ3) is 2.40. The molecule has 1 rings (SSSR count). The second-order valence-electron chi connectivity index (χ2n) is 2.51. The van der Waals surface area contributed by atoms with Crippen LogP contribution >= 0.6 is 23.5 Å².